The van der Waals surface area contributed by atoms with Gasteiger partial charge in [0.05, 0.1) is 18.8 Å². The molecule has 0 aliphatic carbocycles. The number of nitrogens with one attached hydrogen (secondary N) is 1. The van der Waals surface area contributed by atoms with Crippen molar-refractivity contribution in [1.29, 1.82) is 0 Å². The van der Waals surface area contributed by atoms with Crippen molar-refractivity contribution in [2.75, 3.05) is 20.7 Å². The quantitative estimate of drug-likeness (QED) is 0.478. The van der Waals surface area contributed by atoms with Crippen LogP contribution in [0.25, 0.3) is 0 Å². The van der Waals surface area contributed by atoms with Crippen LogP contribution in [0.3, 0.4) is 0 Å². The molecule has 6 nitrogen and oxygen atoms in total. The molecule has 1 N–H and O–H groups in total. The summed E-state index contributed by atoms with van der Waals surface area (Å²) in [6, 6.07) is 11.3. The summed E-state index contributed by atoms with van der Waals surface area (Å²) in [5, 5.41) is 3.18. The van der Waals surface area contributed by atoms with Crippen LogP contribution in [0.4, 0.5) is 8.78 Å². The predicted octanol–water partition coefficient (Wildman–Crippen LogP) is 4.86. The minimum Gasteiger partial charge on any atom is -0.491 e. The highest BCUT2D eigenvalue weighted by Crippen LogP contribution is 2.40. The third-order valence-corrected chi connectivity index (χ3v) is 6.84. The first-order valence-electron chi connectivity index (χ1n) is 11.7. The molecular weight excluding hydrogens is 474 g/mol. The van der Waals surface area contributed by atoms with Crippen LogP contribution in [-0.4, -0.2) is 41.1 Å². The molecule has 0 saturated carbocycles. The van der Waals surface area contributed by atoms with Crippen LogP contribution >= 0.6 is 11.6 Å². The molecule has 2 heterocycles. The third kappa shape index (κ3) is 4.90. The van der Waals surface area contributed by atoms with Crippen LogP contribution in [-0.2, 0) is 24.2 Å². The summed E-state index contributed by atoms with van der Waals surface area (Å²) >= 11 is 6.64. The summed E-state index contributed by atoms with van der Waals surface area (Å²) in [4.78, 5) is 19.8. The number of methoxy groups -OCH3 is 1. The molecule has 0 saturated heterocycles. The van der Waals surface area contributed by atoms with Gasteiger partial charge < -0.3 is 14.6 Å². The Morgan fingerprint density at radius 3 is 2.51 bits per heavy atom. The topological polar surface area (TPSA) is 59.4 Å². The molecule has 0 spiro atoms. The number of carbonyl (C=O) groups is 1. The lowest BCUT2D eigenvalue weighted by Gasteiger charge is -2.41. The first kappa shape index (κ1) is 25.1. The Hall–Kier alpha value is -2.97. The fourth-order valence-electron chi connectivity index (χ4n) is 4.98. The molecule has 1 aliphatic heterocycles. The maximum absolute atomic E-state index is 14.3. The number of carbonyl (C=O) groups excluding carboxylic acids is 1. The van der Waals surface area contributed by atoms with E-state index in [2.05, 4.69) is 19.8 Å². The monoisotopic (exact) mass is 502 g/mol. The molecule has 3 aromatic rings. The number of aryl methyl sites for hydroxylation is 2. The normalized spacial score (nSPS) is 16.6. The summed E-state index contributed by atoms with van der Waals surface area (Å²) in [5.41, 5.74) is 2.19. The second-order valence-electron chi connectivity index (χ2n) is 8.52. The van der Waals surface area contributed by atoms with Crippen LogP contribution in [0.1, 0.15) is 48.1 Å². The van der Waals surface area contributed by atoms with Crippen LogP contribution < -0.4 is 10.1 Å². The van der Waals surface area contributed by atoms with Gasteiger partial charge in [-0.15, -0.1) is 0 Å². The van der Waals surface area contributed by atoms with E-state index in [4.69, 9.17) is 16.3 Å². The molecule has 4 rings (SSSR count). The molecule has 35 heavy (non-hydrogen) atoms. The average Bonchev–Trinajstić information content (AvgIpc) is 3.19. The largest absolute Gasteiger partial charge is 0.491 e. The third-order valence-electron chi connectivity index (χ3n) is 6.57. The fraction of sp³-hybridized carbons (Fsp3) is 0.385. The molecule has 0 fully saturated rings. The Labute approximate surface area is 208 Å². The molecule has 2 aromatic carbocycles. The second kappa shape index (κ2) is 10.7. The summed E-state index contributed by atoms with van der Waals surface area (Å²) in [5.74, 6) is -1.14. The van der Waals surface area contributed by atoms with Crippen LogP contribution in [0.15, 0.2) is 42.5 Å². The van der Waals surface area contributed by atoms with E-state index in [-0.39, 0.29) is 11.9 Å². The Bertz CT molecular complexity index is 1180. The zero-order valence-corrected chi connectivity index (χ0v) is 20.8. The second-order valence-corrected chi connectivity index (χ2v) is 8.88. The standard InChI is InChI=1S/C26H29ClF2N4O2/c1-4-21-31-25(27)23-20(11-10-16-14-18(28)24(35-3)19(29)15-16)32(12-13-33(21)23)22(26(34)30-2)17-8-6-5-7-9-17/h5-9,14-15,20,22H,4,10-13H2,1-3H3,(H,30,34)/t20-,22+/m0/s1. The molecule has 9 heteroatoms. The number of halogens is 3. The van der Waals surface area contributed by atoms with Gasteiger partial charge in [-0.2, -0.15) is 0 Å². The van der Waals surface area contributed by atoms with Gasteiger partial charge in [-0.3, -0.25) is 9.69 Å². The lowest BCUT2D eigenvalue weighted by molar-refractivity contribution is -0.128. The molecule has 0 unspecified atom stereocenters. The van der Waals surface area contributed by atoms with Crippen molar-refractivity contribution < 1.29 is 18.3 Å². The zero-order valence-electron chi connectivity index (χ0n) is 20.0. The molecular formula is C26H29ClF2N4O2. The highest BCUT2D eigenvalue weighted by Gasteiger charge is 2.39. The van der Waals surface area contributed by atoms with Gasteiger partial charge in [0.25, 0.3) is 0 Å². The molecule has 1 amide bonds. The number of ether oxygens (including phenoxy) is 1. The number of hydrogen-bond acceptors (Lipinski definition) is 4. The minimum absolute atomic E-state index is 0.137. The maximum atomic E-state index is 14.3. The maximum Gasteiger partial charge on any atom is 0.241 e. The van der Waals surface area contributed by atoms with E-state index in [1.54, 1.807) is 7.05 Å². The molecule has 0 radical (unpaired) electrons. The number of rotatable bonds is 8. The van der Waals surface area contributed by atoms with Gasteiger partial charge >= 0.3 is 0 Å². The molecule has 186 valence electrons. The smallest absolute Gasteiger partial charge is 0.241 e. The van der Waals surface area contributed by atoms with Crippen LogP contribution in [0.2, 0.25) is 5.15 Å². The summed E-state index contributed by atoms with van der Waals surface area (Å²) < 4.78 is 35.6. The SMILES string of the molecule is CCc1nc(Cl)c2n1CCN([C@@H](C(=O)NC)c1ccccc1)[C@H]2CCc1cc(F)c(OC)c(F)c1. The van der Waals surface area contributed by atoms with Gasteiger partial charge in [-0.05, 0) is 36.1 Å². The van der Waals surface area contributed by atoms with Crippen molar-refractivity contribution in [3.63, 3.8) is 0 Å². The highest BCUT2D eigenvalue weighted by molar-refractivity contribution is 6.30. The first-order chi connectivity index (χ1) is 16.9. The van der Waals surface area contributed by atoms with Gasteiger partial charge in [0, 0.05) is 26.6 Å². The van der Waals surface area contributed by atoms with Crippen LogP contribution in [0, 0.1) is 11.6 Å². The number of aromatic nitrogens is 2. The van der Waals surface area contributed by atoms with E-state index >= 15 is 0 Å². The number of benzene rings is 2. The number of imidazole rings is 1. The van der Waals surface area contributed by atoms with Crippen molar-refractivity contribution in [3.05, 3.63) is 81.9 Å². The summed E-state index contributed by atoms with van der Waals surface area (Å²) in [6.45, 7) is 3.25. The van der Waals surface area contributed by atoms with E-state index in [9.17, 15) is 13.6 Å². The van der Waals surface area contributed by atoms with Crippen molar-refractivity contribution in [2.45, 2.75) is 44.8 Å². The Balaban J connectivity index is 1.74. The molecule has 2 atom stereocenters. The van der Waals surface area contributed by atoms with Crippen molar-refractivity contribution in [2.24, 2.45) is 0 Å². The van der Waals surface area contributed by atoms with E-state index in [0.29, 0.717) is 36.6 Å². The van der Waals surface area contributed by atoms with Gasteiger partial charge in [0.2, 0.25) is 5.91 Å². The summed E-state index contributed by atoms with van der Waals surface area (Å²) in [7, 11) is 2.85. The number of amides is 1. The zero-order chi connectivity index (χ0) is 25.1. The van der Waals surface area contributed by atoms with Gasteiger partial charge in [-0.1, -0.05) is 48.9 Å². The first-order valence-corrected chi connectivity index (χ1v) is 12.1. The average molecular weight is 503 g/mol. The highest BCUT2D eigenvalue weighted by atomic mass is 35.5. The van der Waals surface area contributed by atoms with Crippen molar-refractivity contribution in [1.82, 2.24) is 19.8 Å². The minimum atomic E-state index is -0.744. The lowest BCUT2D eigenvalue weighted by Crippen LogP contribution is -2.46. The number of likely N-dealkylation sites (N-methyl/N-ethyl adjacent to an activating group) is 1. The summed E-state index contributed by atoms with van der Waals surface area (Å²) in [6.07, 6.45) is 1.58. The number of fused-ring (bicyclic) bond motifs is 1. The van der Waals surface area contributed by atoms with E-state index in [1.165, 1.54) is 19.2 Å². The predicted molar refractivity (Wildman–Crippen MR) is 131 cm³/mol. The van der Waals surface area contributed by atoms with E-state index < -0.39 is 23.4 Å². The van der Waals surface area contributed by atoms with Crippen LogP contribution in [0.5, 0.6) is 5.75 Å². The molecule has 1 aromatic heterocycles. The Kier molecular flexibility index (Phi) is 7.72. The molecule has 1 aliphatic rings. The van der Waals surface area contributed by atoms with Gasteiger partial charge in [0.15, 0.2) is 22.5 Å². The van der Waals surface area contributed by atoms with Crippen molar-refractivity contribution in [3.8, 4) is 5.75 Å². The van der Waals surface area contributed by atoms with Crippen molar-refractivity contribution >= 4 is 17.5 Å². The number of nitrogens with zero attached hydrogens (tertiary/aromatic N) is 3. The van der Waals surface area contributed by atoms with E-state index in [1.807, 2.05) is 37.3 Å². The van der Waals surface area contributed by atoms with E-state index in [0.717, 1.165) is 23.5 Å². The Morgan fingerprint density at radius 1 is 1.23 bits per heavy atom. The Morgan fingerprint density at radius 2 is 1.91 bits per heavy atom. The lowest BCUT2D eigenvalue weighted by atomic mass is 9.95. The van der Waals surface area contributed by atoms with Gasteiger partial charge in [0.1, 0.15) is 11.9 Å². The molecule has 0 bridgehead atoms. The van der Waals surface area contributed by atoms with Gasteiger partial charge in [-0.25, -0.2) is 13.8 Å². The number of hydrogen-bond donors (Lipinski definition) is 1. The fourth-order valence-corrected chi connectivity index (χ4v) is 5.30.